The summed E-state index contributed by atoms with van der Waals surface area (Å²) in [5.74, 6) is 0.0569. The smallest absolute Gasteiger partial charge is 0.266 e. The molecule has 7 nitrogen and oxygen atoms in total. The summed E-state index contributed by atoms with van der Waals surface area (Å²) >= 11 is 0. The zero-order valence-electron chi connectivity index (χ0n) is 18.6. The van der Waals surface area contributed by atoms with Crippen molar-refractivity contribution in [2.75, 3.05) is 36.4 Å². The third kappa shape index (κ3) is 4.69. The molecule has 1 saturated heterocycles. The molecule has 1 atom stereocenters. The van der Waals surface area contributed by atoms with Gasteiger partial charge in [0, 0.05) is 38.7 Å². The minimum absolute atomic E-state index is 0.0544. The summed E-state index contributed by atoms with van der Waals surface area (Å²) in [5.41, 5.74) is 0.838. The molecule has 174 valence electrons. The number of aromatic nitrogens is 3. The second-order valence-electron chi connectivity index (χ2n) is 8.09. The van der Waals surface area contributed by atoms with E-state index in [-0.39, 0.29) is 11.5 Å². The third-order valence-electron chi connectivity index (χ3n) is 5.85. The fourth-order valence-electron chi connectivity index (χ4n) is 4.03. The molecule has 3 aromatic rings. The molecular weight excluding hydrogens is 433 g/mol. The van der Waals surface area contributed by atoms with Crippen LogP contribution in [0.3, 0.4) is 0 Å². The van der Waals surface area contributed by atoms with Crippen molar-refractivity contribution >= 4 is 28.4 Å². The van der Waals surface area contributed by atoms with E-state index in [4.69, 9.17) is 0 Å². The molecule has 1 N–H and O–H groups in total. The first-order chi connectivity index (χ1) is 15.7. The Morgan fingerprint density at radius 2 is 1.82 bits per heavy atom. The van der Waals surface area contributed by atoms with Gasteiger partial charge in [-0.1, -0.05) is 18.2 Å². The van der Waals surface area contributed by atoms with Gasteiger partial charge in [0.15, 0.2) is 5.65 Å². The molecule has 33 heavy (non-hydrogen) atoms. The third-order valence-corrected chi connectivity index (χ3v) is 5.85. The summed E-state index contributed by atoms with van der Waals surface area (Å²) in [4.78, 5) is 28.9. The molecule has 0 unspecified atom stereocenters. The molecule has 1 fully saturated rings. The Hall–Kier alpha value is -3.43. The highest BCUT2D eigenvalue weighted by Crippen LogP contribution is 2.31. The number of nitrogens with zero attached hydrogens (tertiary/aromatic N) is 5. The highest BCUT2D eigenvalue weighted by Gasteiger charge is 2.22. The van der Waals surface area contributed by atoms with Crippen LogP contribution in [0.1, 0.15) is 43.3 Å². The predicted octanol–water partition coefficient (Wildman–Crippen LogP) is 4.25. The van der Waals surface area contributed by atoms with Gasteiger partial charge in [0.2, 0.25) is 5.91 Å². The van der Waals surface area contributed by atoms with Gasteiger partial charge in [0.25, 0.3) is 6.43 Å². The number of piperazine rings is 1. The number of amides is 1. The van der Waals surface area contributed by atoms with Crippen LogP contribution in [-0.2, 0) is 4.79 Å². The van der Waals surface area contributed by atoms with E-state index in [0.29, 0.717) is 48.9 Å². The number of benzene rings is 1. The number of alkyl halides is 2. The number of fused-ring (bicyclic) bond motifs is 1. The monoisotopic (exact) mass is 458 g/mol. The van der Waals surface area contributed by atoms with Gasteiger partial charge < -0.3 is 15.1 Å². The Kier molecular flexibility index (Phi) is 6.35. The molecule has 1 aromatic carbocycles. The van der Waals surface area contributed by atoms with E-state index in [0.717, 1.165) is 11.8 Å². The molecule has 3 heterocycles. The topological polar surface area (TPSA) is 74.2 Å². The first-order valence-electron chi connectivity index (χ1n) is 10.7. The van der Waals surface area contributed by atoms with Crippen molar-refractivity contribution in [1.82, 2.24) is 19.9 Å². The molecule has 10 heteroatoms. The number of rotatable bonds is 5. The average Bonchev–Trinajstić information content (AvgIpc) is 2.78. The molecule has 0 spiro atoms. The lowest BCUT2D eigenvalue weighted by molar-refractivity contribution is -0.129. The number of carbonyl (C=O) groups excluding carboxylic acids is 1. The van der Waals surface area contributed by atoms with Crippen LogP contribution in [-0.4, -0.2) is 51.9 Å². The number of carbonyl (C=O) groups is 1. The van der Waals surface area contributed by atoms with Crippen molar-refractivity contribution < 1.29 is 18.0 Å². The van der Waals surface area contributed by atoms with Crippen LogP contribution in [0.5, 0.6) is 0 Å². The molecule has 0 aliphatic carbocycles. The second kappa shape index (κ2) is 9.21. The number of hydrogen-bond donors (Lipinski definition) is 1. The molecule has 0 radical (unpaired) electrons. The Morgan fingerprint density at radius 1 is 1.12 bits per heavy atom. The predicted molar refractivity (Wildman–Crippen MR) is 120 cm³/mol. The maximum atomic E-state index is 14.7. The maximum absolute atomic E-state index is 14.7. The lowest BCUT2D eigenvalue weighted by atomic mass is 10.0. The zero-order chi connectivity index (χ0) is 23.7. The van der Waals surface area contributed by atoms with Gasteiger partial charge in [-0.15, -0.1) is 0 Å². The van der Waals surface area contributed by atoms with Crippen LogP contribution in [0, 0.1) is 12.7 Å². The quantitative estimate of drug-likeness (QED) is 0.616. The van der Waals surface area contributed by atoms with Gasteiger partial charge in [-0.3, -0.25) is 4.79 Å². The molecule has 1 aliphatic heterocycles. The summed E-state index contributed by atoms with van der Waals surface area (Å²) in [6.45, 7) is 7.57. The van der Waals surface area contributed by atoms with E-state index in [1.807, 2.05) is 6.07 Å². The summed E-state index contributed by atoms with van der Waals surface area (Å²) in [6, 6.07) is 5.27. The summed E-state index contributed by atoms with van der Waals surface area (Å²) in [6.07, 6.45) is -1.16. The summed E-state index contributed by atoms with van der Waals surface area (Å²) < 4.78 is 40.9. The molecule has 1 amide bonds. The Morgan fingerprint density at radius 3 is 2.48 bits per heavy atom. The first kappa shape index (κ1) is 22.8. The van der Waals surface area contributed by atoms with Gasteiger partial charge in [0.1, 0.15) is 17.5 Å². The van der Waals surface area contributed by atoms with E-state index in [9.17, 15) is 18.0 Å². The van der Waals surface area contributed by atoms with Crippen LogP contribution >= 0.6 is 0 Å². The van der Waals surface area contributed by atoms with Crippen LogP contribution in [0.2, 0.25) is 0 Å². The Balaban J connectivity index is 1.64. The number of hydrogen-bond acceptors (Lipinski definition) is 6. The molecular formula is C23H25F3N6O. The van der Waals surface area contributed by atoms with Gasteiger partial charge in [0.05, 0.1) is 28.9 Å². The maximum Gasteiger partial charge on any atom is 0.266 e. The summed E-state index contributed by atoms with van der Waals surface area (Å²) in [5, 5.41) is 3.80. The minimum Gasteiger partial charge on any atom is -0.367 e. The van der Waals surface area contributed by atoms with Gasteiger partial charge >= 0.3 is 0 Å². The summed E-state index contributed by atoms with van der Waals surface area (Å²) in [7, 11) is 0. The highest BCUT2D eigenvalue weighted by atomic mass is 19.3. The first-order valence-corrected chi connectivity index (χ1v) is 10.7. The molecule has 4 rings (SSSR count). The van der Waals surface area contributed by atoms with Gasteiger partial charge in [-0.2, -0.15) is 0 Å². The van der Waals surface area contributed by atoms with E-state index >= 15 is 0 Å². The van der Waals surface area contributed by atoms with Crippen LogP contribution < -0.4 is 10.2 Å². The average molecular weight is 458 g/mol. The number of pyridine rings is 1. The van der Waals surface area contributed by atoms with E-state index in [1.165, 1.54) is 12.1 Å². The number of anilines is 2. The SMILES string of the molecule is CC(=O)N1CCN(c2cnc3nc(C)nc(N[C@H](C)c4cccc(C(F)F)c4F)c3c2)CC1. The lowest BCUT2D eigenvalue weighted by Gasteiger charge is -2.35. The normalized spacial score (nSPS) is 15.2. The second-order valence-corrected chi connectivity index (χ2v) is 8.09. The van der Waals surface area contributed by atoms with Crippen molar-refractivity contribution in [2.24, 2.45) is 0 Å². The van der Waals surface area contributed by atoms with Crippen LogP contribution in [0.15, 0.2) is 30.5 Å². The molecule has 1 aliphatic rings. The fourth-order valence-corrected chi connectivity index (χ4v) is 4.03. The highest BCUT2D eigenvalue weighted by molar-refractivity contribution is 5.89. The van der Waals surface area contributed by atoms with E-state index in [2.05, 4.69) is 25.2 Å². The number of halogens is 3. The van der Waals surface area contributed by atoms with Crippen molar-refractivity contribution in [3.63, 3.8) is 0 Å². The van der Waals surface area contributed by atoms with Crippen LogP contribution in [0.25, 0.3) is 11.0 Å². The van der Waals surface area contributed by atoms with Crippen molar-refractivity contribution in [1.29, 1.82) is 0 Å². The molecule has 0 bridgehead atoms. The van der Waals surface area contributed by atoms with Crippen molar-refractivity contribution in [3.05, 3.63) is 53.2 Å². The largest absolute Gasteiger partial charge is 0.367 e. The van der Waals surface area contributed by atoms with E-state index < -0.39 is 23.8 Å². The van der Waals surface area contributed by atoms with Crippen LogP contribution in [0.4, 0.5) is 24.7 Å². The van der Waals surface area contributed by atoms with E-state index in [1.54, 1.807) is 31.9 Å². The number of aryl methyl sites for hydroxylation is 1. The number of nitrogens with one attached hydrogen (secondary N) is 1. The fraction of sp³-hybridized carbons (Fsp3) is 0.391. The molecule has 2 aromatic heterocycles. The lowest BCUT2D eigenvalue weighted by Crippen LogP contribution is -2.48. The van der Waals surface area contributed by atoms with Gasteiger partial charge in [-0.25, -0.2) is 28.1 Å². The van der Waals surface area contributed by atoms with Gasteiger partial charge in [-0.05, 0) is 19.9 Å². The minimum atomic E-state index is -2.89. The standard InChI is InChI=1S/C23H25F3N6O/c1-13(17-5-4-6-18(20(17)24)21(25)26)28-23-19-11-16(12-27-22(19)29-14(2)30-23)32-9-7-31(8-10-32)15(3)33/h4-6,11-13,21H,7-10H2,1-3H3,(H,27,28,29,30)/t13-/m1/s1. The Bertz CT molecular complexity index is 1180. The van der Waals surface area contributed by atoms with Crippen molar-refractivity contribution in [2.45, 2.75) is 33.2 Å². The molecule has 0 saturated carbocycles. The zero-order valence-corrected chi connectivity index (χ0v) is 18.6. The van der Waals surface area contributed by atoms with Crippen molar-refractivity contribution in [3.8, 4) is 0 Å². The Labute approximate surface area is 189 Å².